The molecule has 0 bridgehead atoms. The minimum absolute atomic E-state index is 0.00402. The van der Waals surface area contributed by atoms with Gasteiger partial charge in [-0.15, -0.1) is 0 Å². The molecule has 0 aromatic carbocycles. The SMILES string of the molecule is CCCC/C=C\CCCCCCCC(=O)OCCCCCCCCCCCCCCCCCCCCC(=O)NC(CO)C(O)/C=C/CCCCCCCCCCCCCCCCCCCCCCCC. The molecule has 6 nitrogen and oxygen atoms in total. The Labute approximate surface area is 437 Å². The summed E-state index contributed by atoms with van der Waals surface area (Å²) in [5, 5.41) is 23.2. The third-order valence-electron chi connectivity index (χ3n) is 14.7. The summed E-state index contributed by atoms with van der Waals surface area (Å²) in [5.74, 6) is -0.0726. The molecule has 0 heterocycles. The van der Waals surface area contributed by atoms with Gasteiger partial charge in [-0.25, -0.2) is 0 Å². The zero-order valence-electron chi connectivity index (χ0n) is 47.3. The maximum absolute atomic E-state index is 12.5. The van der Waals surface area contributed by atoms with E-state index in [0.717, 1.165) is 44.9 Å². The summed E-state index contributed by atoms with van der Waals surface area (Å²) in [6.07, 6.45) is 73.6. The quantitative estimate of drug-likeness (QED) is 0.0321. The standard InChI is InChI=1S/C64H123NO5/c1-3-5-7-9-11-13-15-16-17-18-19-20-21-22-23-24-27-30-33-37-40-44-48-52-56-62(67)61(60-66)65-63(68)57-53-49-45-41-38-34-31-28-25-26-29-32-35-39-43-47-51-55-59-70-64(69)58-54-50-46-42-36-14-12-10-8-6-4-2/h10,12,52,56,61-62,66-67H,3-9,11,13-51,53-55,57-60H2,1-2H3,(H,65,68)/b12-10-,56-52+. The van der Waals surface area contributed by atoms with Gasteiger partial charge in [0, 0.05) is 12.8 Å². The molecule has 0 spiro atoms. The average molecular weight is 987 g/mol. The van der Waals surface area contributed by atoms with Crippen molar-refractivity contribution < 1.29 is 24.5 Å². The molecule has 0 fully saturated rings. The minimum atomic E-state index is -0.848. The Morgan fingerprint density at radius 2 is 0.686 bits per heavy atom. The van der Waals surface area contributed by atoms with Crippen LogP contribution in [0.25, 0.3) is 0 Å². The molecule has 3 N–H and O–H groups in total. The summed E-state index contributed by atoms with van der Waals surface area (Å²) in [5.41, 5.74) is 0. The van der Waals surface area contributed by atoms with Gasteiger partial charge >= 0.3 is 5.97 Å². The zero-order valence-corrected chi connectivity index (χ0v) is 47.3. The van der Waals surface area contributed by atoms with Gasteiger partial charge < -0.3 is 20.3 Å². The fraction of sp³-hybridized carbons (Fsp3) is 0.906. The van der Waals surface area contributed by atoms with Crippen LogP contribution in [0.4, 0.5) is 0 Å². The summed E-state index contributed by atoms with van der Waals surface area (Å²) in [4.78, 5) is 24.5. The zero-order chi connectivity index (χ0) is 50.7. The largest absolute Gasteiger partial charge is 0.466 e. The first-order chi connectivity index (χ1) is 34.5. The normalized spacial score (nSPS) is 12.7. The molecule has 70 heavy (non-hydrogen) atoms. The smallest absolute Gasteiger partial charge is 0.305 e. The Balaban J connectivity index is 3.45. The van der Waals surface area contributed by atoms with E-state index in [4.69, 9.17) is 4.74 Å². The van der Waals surface area contributed by atoms with E-state index in [9.17, 15) is 19.8 Å². The van der Waals surface area contributed by atoms with Crippen LogP contribution in [-0.2, 0) is 14.3 Å². The van der Waals surface area contributed by atoms with Crippen LogP contribution >= 0.6 is 0 Å². The lowest BCUT2D eigenvalue weighted by atomic mass is 10.0. The lowest BCUT2D eigenvalue weighted by Gasteiger charge is -2.20. The van der Waals surface area contributed by atoms with Crippen molar-refractivity contribution in [3.63, 3.8) is 0 Å². The summed E-state index contributed by atoms with van der Waals surface area (Å²) < 4.78 is 5.46. The number of hydrogen-bond donors (Lipinski definition) is 3. The molecule has 2 unspecified atom stereocenters. The Hall–Kier alpha value is -1.66. The highest BCUT2D eigenvalue weighted by molar-refractivity contribution is 5.76. The molecule has 6 heteroatoms. The number of hydrogen-bond acceptors (Lipinski definition) is 5. The fourth-order valence-corrected chi connectivity index (χ4v) is 9.85. The lowest BCUT2D eigenvalue weighted by Crippen LogP contribution is -2.45. The van der Waals surface area contributed by atoms with Gasteiger partial charge in [0.15, 0.2) is 0 Å². The molecule has 0 aromatic rings. The van der Waals surface area contributed by atoms with Crippen LogP contribution in [0.15, 0.2) is 24.3 Å². The second-order valence-electron chi connectivity index (χ2n) is 21.7. The van der Waals surface area contributed by atoms with E-state index >= 15 is 0 Å². The van der Waals surface area contributed by atoms with Crippen LogP contribution < -0.4 is 5.32 Å². The molecular formula is C64H123NO5. The second-order valence-corrected chi connectivity index (χ2v) is 21.7. The van der Waals surface area contributed by atoms with Crippen LogP contribution in [0.2, 0.25) is 0 Å². The van der Waals surface area contributed by atoms with E-state index in [-0.39, 0.29) is 18.5 Å². The molecule has 0 saturated heterocycles. The van der Waals surface area contributed by atoms with Gasteiger partial charge in [-0.1, -0.05) is 308 Å². The molecule has 0 aliphatic heterocycles. The number of carbonyl (C=O) groups excluding carboxylic acids is 2. The highest BCUT2D eigenvalue weighted by Gasteiger charge is 2.18. The van der Waals surface area contributed by atoms with Gasteiger partial charge in [0.1, 0.15) is 0 Å². The highest BCUT2D eigenvalue weighted by Crippen LogP contribution is 2.18. The maximum Gasteiger partial charge on any atom is 0.305 e. The third kappa shape index (κ3) is 55.7. The summed E-state index contributed by atoms with van der Waals surface area (Å²) >= 11 is 0. The molecule has 0 aliphatic rings. The number of ether oxygens (including phenoxy) is 1. The van der Waals surface area contributed by atoms with Gasteiger partial charge in [0.2, 0.25) is 5.91 Å². The topological polar surface area (TPSA) is 95.9 Å². The van der Waals surface area contributed by atoms with Crippen molar-refractivity contribution in [3.05, 3.63) is 24.3 Å². The number of nitrogens with one attached hydrogen (secondary N) is 1. The number of allylic oxidation sites excluding steroid dienone is 3. The maximum atomic E-state index is 12.5. The monoisotopic (exact) mass is 986 g/mol. The van der Waals surface area contributed by atoms with Gasteiger partial charge in [0.05, 0.1) is 25.4 Å². The molecule has 2 atom stereocenters. The van der Waals surface area contributed by atoms with Gasteiger partial charge in [-0.05, 0) is 51.4 Å². The fourth-order valence-electron chi connectivity index (χ4n) is 9.85. The van der Waals surface area contributed by atoms with Crippen molar-refractivity contribution in [1.82, 2.24) is 5.32 Å². The van der Waals surface area contributed by atoms with Crippen molar-refractivity contribution >= 4 is 11.9 Å². The first-order valence-corrected chi connectivity index (χ1v) is 31.6. The van der Waals surface area contributed by atoms with E-state index < -0.39 is 12.1 Å². The first-order valence-electron chi connectivity index (χ1n) is 31.6. The molecular weight excluding hydrogens is 863 g/mol. The lowest BCUT2D eigenvalue weighted by molar-refractivity contribution is -0.143. The predicted octanol–water partition coefficient (Wildman–Crippen LogP) is 19.8. The Bertz CT molecular complexity index is 1090. The number of amides is 1. The van der Waals surface area contributed by atoms with E-state index in [0.29, 0.717) is 19.4 Å². The van der Waals surface area contributed by atoms with E-state index in [1.54, 1.807) is 6.08 Å². The predicted molar refractivity (Wildman–Crippen MR) is 306 cm³/mol. The third-order valence-corrected chi connectivity index (χ3v) is 14.7. The van der Waals surface area contributed by atoms with Gasteiger partial charge in [-0.2, -0.15) is 0 Å². The summed E-state index contributed by atoms with van der Waals surface area (Å²) in [6.45, 7) is 4.88. The van der Waals surface area contributed by atoms with Crippen LogP contribution in [0, 0.1) is 0 Å². The van der Waals surface area contributed by atoms with Crippen molar-refractivity contribution in [2.45, 2.75) is 360 Å². The Morgan fingerprint density at radius 3 is 1.06 bits per heavy atom. The van der Waals surface area contributed by atoms with Crippen molar-refractivity contribution in [3.8, 4) is 0 Å². The number of rotatable bonds is 59. The van der Waals surface area contributed by atoms with Crippen LogP contribution in [0.3, 0.4) is 0 Å². The molecule has 1 amide bonds. The van der Waals surface area contributed by atoms with Crippen molar-refractivity contribution in [2.24, 2.45) is 0 Å². The van der Waals surface area contributed by atoms with E-state index in [1.165, 1.54) is 276 Å². The molecule has 0 rings (SSSR count). The Kier molecular flexibility index (Phi) is 58.5. The number of esters is 1. The average Bonchev–Trinajstić information content (AvgIpc) is 3.36. The molecule has 0 aliphatic carbocycles. The summed E-state index contributed by atoms with van der Waals surface area (Å²) in [6, 6.07) is -0.632. The van der Waals surface area contributed by atoms with Gasteiger partial charge in [-0.3, -0.25) is 9.59 Å². The van der Waals surface area contributed by atoms with E-state index in [1.807, 2.05) is 6.08 Å². The summed E-state index contributed by atoms with van der Waals surface area (Å²) in [7, 11) is 0. The van der Waals surface area contributed by atoms with Gasteiger partial charge in [0.25, 0.3) is 0 Å². The van der Waals surface area contributed by atoms with E-state index in [2.05, 4.69) is 31.3 Å². The highest BCUT2D eigenvalue weighted by atomic mass is 16.5. The Morgan fingerprint density at radius 1 is 0.386 bits per heavy atom. The molecule has 0 radical (unpaired) electrons. The molecule has 414 valence electrons. The van der Waals surface area contributed by atoms with Crippen molar-refractivity contribution in [1.29, 1.82) is 0 Å². The van der Waals surface area contributed by atoms with Crippen LogP contribution in [0.5, 0.6) is 0 Å². The van der Waals surface area contributed by atoms with Crippen LogP contribution in [-0.4, -0.2) is 47.4 Å². The molecule has 0 aromatic heterocycles. The number of aliphatic hydroxyl groups excluding tert-OH is 2. The minimum Gasteiger partial charge on any atom is -0.466 e. The molecule has 0 saturated carbocycles. The first kappa shape index (κ1) is 68.3. The number of carbonyl (C=O) groups is 2. The van der Waals surface area contributed by atoms with Crippen LogP contribution in [0.1, 0.15) is 348 Å². The number of unbranched alkanes of at least 4 members (excludes halogenated alkanes) is 46. The second kappa shape index (κ2) is 59.9. The number of aliphatic hydroxyl groups is 2. The van der Waals surface area contributed by atoms with Crippen molar-refractivity contribution in [2.75, 3.05) is 13.2 Å².